The third kappa shape index (κ3) is 4.02. The summed E-state index contributed by atoms with van der Waals surface area (Å²) in [4.78, 5) is 13.4. The fourth-order valence-electron chi connectivity index (χ4n) is 1.57. The molecule has 0 saturated heterocycles. The Morgan fingerprint density at radius 3 is 2.82 bits per heavy atom. The van der Waals surface area contributed by atoms with Crippen molar-refractivity contribution in [3.05, 3.63) is 15.8 Å². The van der Waals surface area contributed by atoms with E-state index < -0.39 is 0 Å². The summed E-state index contributed by atoms with van der Waals surface area (Å²) in [5.41, 5.74) is 6.37. The number of thiophene rings is 1. The van der Waals surface area contributed by atoms with Crippen molar-refractivity contribution in [2.75, 3.05) is 18.9 Å². The fourth-order valence-corrected chi connectivity index (χ4v) is 2.42. The van der Waals surface area contributed by atoms with Crippen molar-refractivity contribution in [2.45, 2.75) is 26.7 Å². The lowest BCUT2D eigenvalue weighted by Crippen LogP contribution is -2.29. The summed E-state index contributed by atoms with van der Waals surface area (Å²) in [5, 5.41) is 11.7. The van der Waals surface area contributed by atoms with Crippen LogP contribution in [0.5, 0.6) is 0 Å². The van der Waals surface area contributed by atoms with Gasteiger partial charge in [-0.3, -0.25) is 4.79 Å². The Morgan fingerprint density at radius 2 is 2.35 bits per heavy atom. The highest BCUT2D eigenvalue weighted by atomic mass is 32.1. The molecule has 0 spiro atoms. The van der Waals surface area contributed by atoms with Gasteiger partial charge in [0.15, 0.2) is 0 Å². The van der Waals surface area contributed by atoms with E-state index in [2.05, 4.69) is 12.2 Å². The second kappa shape index (κ2) is 6.61. The first kappa shape index (κ1) is 14.0. The lowest BCUT2D eigenvalue weighted by atomic mass is 10.0. The van der Waals surface area contributed by atoms with Crippen LogP contribution in [0, 0.1) is 12.8 Å². The first-order valence-corrected chi connectivity index (χ1v) is 6.65. The van der Waals surface area contributed by atoms with Gasteiger partial charge in [0.05, 0.1) is 4.88 Å². The van der Waals surface area contributed by atoms with E-state index in [4.69, 9.17) is 10.8 Å². The Labute approximate surface area is 106 Å². The number of rotatable bonds is 6. The molecule has 4 N–H and O–H groups in total. The van der Waals surface area contributed by atoms with Gasteiger partial charge in [-0.15, -0.1) is 11.3 Å². The number of hydrogen-bond acceptors (Lipinski definition) is 4. The highest BCUT2D eigenvalue weighted by Gasteiger charge is 2.12. The minimum absolute atomic E-state index is 0.0776. The normalized spacial score (nSPS) is 12.4. The molecule has 1 aromatic heterocycles. The maximum Gasteiger partial charge on any atom is 0.261 e. The van der Waals surface area contributed by atoms with Crippen LogP contribution in [0.25, 0.3) is 0 Å². The van der Waals surface area contributed by atoms with Crippen LogP contribution in [0.4, 0.5) is 5.69 Å². The molecule has 96 valence electrons. The molecule has 0 saturated carbocycles. The van der Waals surface area contributed by atoms with E-state index >= 15 is 0 Å². The maximum atomic E-state index is 11.8. The fraction of sp³-hybridized carbons (Fsp3) is 0.583. The predicted molar refractivity (Wildman–Crippen MR) is 71.3 cm³/mol. The highest BCUT2D eigenvalue weighted by molar-refractivity contribution is 7.14. The molecule has 0 bridgehead atoms. The summed E-state index contributed by atoms with van der Waals surface area (Å²) in [6.45, 7) is 4.73. The summed E-state index contributed by atoms with van der Waals surface area (Å²) in [6.07, 6.45) is 1.68. The van der Waals surface area contributed by atoms with Gasteiger partial charge in [0.2, 0.25) is 0 Å². The van der Waals surface area contributed by atoms with E-state index in [0.717, 1.165) is 17.7 Å². The number of aliphatic hydroxyl groups excluding tert-OH is 1. The van der Waals surface area contributed by atoms with Gasteiger partial charge in [0.1, 0.15) is 0 Å². The summed E-state index contributed by atoms with van der Waals surface area (Å²) in [5.74, 6) is 0.258. The Balaban J connectivity index is 2.49. The highest BCUT2D eigenvalue weighted by Crippen LogP contribution is 2.23. The number of carbonyl (C=O) groups excluding carboxylic acids is 1. The van der Waals surface area contributed by atoms with Gasteiger partial charge >= 0.3 is 0 Å². The maximum absolute atomic E-state index is 11.8. The van der Waals surface area contributed by atoms with E-state index in [1.807, 2.05) is 6.92 Å². The van der Waals surface area contributed by atoms with Crippen LogP contribution in [-0.2, 0) is 0 Å². The minimum Gasteiger partial charge on any atom is -0.398 e. The molecule has 0 aromatic carbocycles. The quantitative estimate of drug-likeness (QED) is 0.726. The molecule has 0 fully saturated rings. The average Bonchev–Trinajstić information content (AvgIpc) is 2.64. The first-order chi connectivity index (χ1) is 8.08. The Bertz CT molecular complexity index is 357. The van der Waals surface area contributed by atoms with Gasteiger partial charge in [-0.05, 0) is 25.3 Å². The van der Waals surface area contributed by atoms with Crippen LogP contribution >= 0.6 is 11.3 Å². The summed E-state index contributed by atoms with van der Waals surface area (Å²) >= 11 is 1.41. The molecule has 0 aliphatic heterocycles. The molecule has 17 heavy (non-hydrogen) atoms. The molecule has 1 rings (SSSR count). The van der Waals surface area contributed by atoms with E-state index in [1.165, 1.54) is 11.3 Å². The summed E-state index contributed by atoms with van der Waals surface area (Å²) in [7, 11) is 0. The number of aliphatic hydroxyl groups is 1. The number of aryl methyl sites for hydroxylation is 1. The molecular formula is C12H20N2O2S. The topological polar surface area (TPSA) is 75.3 Å². The van der Waals surface area contributed by atoms with Crippen molar-refractivity contribution in [3.8, 4) is 0 Å². The van der Waals surface area contributed by atoms with E-state index in [-0.39, 0.29) is 12.5 Å². The molecule has 4 nitrogen and oxygen atoms in total. The molecule has 1 aromatic rings. The number of carbonyl (C=O) groups is 1. The van der Waals surface area contributed by atoms with Gasteiger partial charge in [0.25, 0.3) is 5.91 Å². The van der Waals surface area contributed by atoms with Crippen molar-refractivity contribution >= 4 is 22.9 Å². The number of nitrogens with one attached hydrogen (secondary N) is 1. The van der Waals surface area contributed by atoms with Crippen molar-refractivity contribution in [1.29, 1.82) is 0 Å². The largest absolute Gasteiger partial charge is 0.398 e. The molecule has 1 heterocycles. The van der Waals surface area contributed by atoms with Gasteiger partial charge in [-0.1, -0.05) is 13.3 Å². The average molecular weight is 256 g/mol. The Kier molecular flexibility index (Phi) is 5.44. The van der Waals surface area contributed by atoms with Crippen molar-refractivity contribution in [3.63, 3.8) is 0 Å². The number of amides is 1. The number of nitrogen functional groups attached to an aromatic ring is 1. The zero-order valence-corrected chi connectivity index (χ0v) is 11.1. The second-order valence-corrected chi connectivity index (χ2v) is 5.38. The van der Waals surface area contributed by atoms with E-state index in [0.29, 0.717) is 23.0 Å². The van der Waals surface area contributed by atoms with Gasteiger partial charge < -0.3 is 16.2 Å². The monoisotopic (exact) mass is 256 g/mol. The van der Waals surface area contributed by atoms with Crippen LogP contribution in [0.3, 0.4) is 0 Å². The van der Waals surface area contributed by atoms with Crippen molar-refractivity contribution in [2.24, 2.45) is 5.92 Å². The molecule has 0 aliphatic rings. The minimum atomic E-state index is -0.0776. The smallest absolute Gasteiger partial charge is 0.261 e. The van der Waals surface area contributed by atoms with Crippen LogP contribution in [0.2, 0.25) is 0 Å². The van der Waals surface area contributed by atoms with Crippen molar-refractivity contribution in [1.82, 2.24) is 5.32 Å². The summed E-state index contributed by atoms with van der Waals surface area (Å²) < 4.78 is 0. The van der Waals surface area contributed by atoms with Gasteiger partial charge in [-0.25, -0.2) is 0 Å². The Morgan fingerprint density at radius 1 is 1.65 bits per heavy atom. The van der Waals surface area contributed by atoms with Crippen molar-refractivity contribution < 1.29 is 9.90 Å². The lowest BCUT2D eigenvalue weighted by molar-refractivity contribution is 0.0947. The molecular weight excluding hydrogens is 236 g/mol. The zero-order valence-electron chi connectivity index (χ0n) is 10.3. The van der Waals surface area contributed by atoms with Crippen LogP contribution in [-0.4, -0.2) is 24.2 Å². The second-order valence-electron chi connectivity index (χ2n) is 4.12. The standard InChI is InChI=1S/C12H20N2O2S/c1-3-9(4-5-15)7-14-12(16)11-6-10(13)8(2)17-11/h6,9,15H,3-5,7,13H2,1-2H3,(H,14,16). The number of hydrogen-bond donors (Lipinski definition) is 3. The first-order valence-electron chi connectivity index (χ1n) is 5.83. The molecule has 1 amide bonds. The summed E-state index contributed by atoms with van der Waals surface area (Å²) in [6, 6.07) is 1.71. The third-order valence-corrected chi connectivity index (χ3v) is 3.91. The Hall–Kier alpha value is -1.07. The zero-order chi connectivity index (χ0) is 12.8. The van der Waals surface area contributed by atoms with Crippen LogP contribution in [0.1, 0.15) is 34.3 Å². The van der Waals surface area contributed by atoms with Crippen LogP contribution < -0.4 is 11.1 Å². The SMILES string of the molecule is CCC(CCO)CNC(=O)c1cc(N)c(C)s1. The molecule has 0 radical (unpaired) electrons. The molecule has 1 unspecified atom stereocenters. The van der Waals surface area contributed by atoms with Gasteiger partial charge in [0, 0.05) is 23.7 Å². The van der Waals surface area contributed by atoms with E-state index in [1.54, 1.807) is 6.07 Å². The molecule has 0 aliphatic carbocycles. The van der Waals surface area contributed by atoms with Gasteiger partial charge in [-0.2, -0.15) is 0 Å². The number of anilines is 1. The van der Waals surface area contributed by atoms with Crippen LogP contribution in [0.15, 0.2) is 6.07 Å². The molecule has 5 heteroatoms. The predicted octanol–water partition coefficient (Wildman–Crippen LogP) is 1.78. The number of nitrogens with two attached hydrogens (primary N) is 1. The van der Waals surface area contributed by atoms with E-state index in [9.17, 15) is 4.79 Å². The third-order valence-electron chi connectivity index (χ3n) is 2.85. The lowest BCUT2D eigenvalue weighted by Gasteiger charge is -2.13. The molecule has 1 atom stereocenters.